The summed E-state index contributed by atoms with van der Waals surface area (Å²) < 4.78 is 48.9. The number of aliphatic hydroxyl groups excluding tert-OH is 2. The Hall–Kier alpha value is -2.47. The number of hydrogen-bond acceptors (Lipinski definition) is 7. The van der Waals surface area contributed by atoms with Gasteiger partial charge < -0.3 is 25.3 Å². The van der Waals surface area contributed by atoms with Gasteiger partial charge in [-0.25, -0.2) is 19.3 Å². The van der Waals surface area contributed by atoms with Crippen molar-refractivity contribution < 1.29 is 28.1 Å². The van der Waals surface area contributed by atoms with Crippen LogP contribution in [0.2, 0.25) is 5.02 Å². The minimum absolute atomic E-state index is 0.0604. The molecule has 8 nitrogen and oxygen atoms in total. The van der Waals surface area contributed by atoms with Gasteiger partial charge in [-0.15, -0.1) is 0 Å². The van der Waals surface area contributed by atoms with Crippen LogP contribution in [-0.4, -0.2) is 55.7 Å². The van der Waals surface area contributed by atoms with Gasteiger partial charge in [-0.3, -0.25) is 0 Å². The number of aliphatic hydroxyl groups is 2. The van der Waals surface area contributed by atoms with Crippen LogP contribution in [-0.2, 0) is 10.7 Å². The van der Waals surface area contributed by atoms with Crippen molar-refractivity contribution in [1.82, 2.24) is 19.5 Å². The number of alkyl halides is 2. The van der Waals surface area contributed by atoms with E-state index in [4.69, 9.17) is 32.3 Å². The molecule has 0 amide bonds. The number of aromatic nitrogens is 4. The van der Waals surface area contributed by atoms with Crippen LogP contribution in [0.5, 0.6) is 0 Å². The molecule has 1 fully saturated rings. The number of rotatable bonds is 4. The molecule has 3 aromatic rings. The Bertz CT molecular complexity index is 1120. The molecular formula is C21H25ClF3N5O3. The lowest BCUT2D eigenvalue weighted by Gasteiger charge is -2.18. The van der Waals surface area contributed by atoms with Crippen LogP contribution >= 0.6 is 11.6 Å². The van der Waals surface area contributed by atoms with Gasteiger partial charge in [-0.1, -0.05) is 11.6 Å². The van der Waals surface area contributed by atoms with Crippen LogP contribution in [0.3, 0.4) is 0 Å². The maximum Gasteiger partial charge on any atom is 0.327 e. The third-order valence-electron chi connectivity index (χ3n) is 4.96. The number of nitrogen functional groups attached to an aromatic ring is 1. The molecule has 0 radical (unpaired) electrons. The first-order valence-electron chi connectivity index (χ1n) is 10.3. The third kappa shape index (κ3) is 5.55. The molecule has 1 atom stereocenters. The van der Waals surface area contributed by atoms with Crippen LogP contribution in [0.4, 0.5) is 19.1 Å². The Kier molecular flexibility index (Phi) is 7.78. The molecule has 4 N–H and O–H groups in total. The lowest BCUT2D eigenvalue weighted by molar-refractivity contribution is -0.0658. The van der Waals surface area contributed by atoms with Gasteiger partial charge in [0.2, 0.25) is 5.95 Å². The summed E-state index contributed by atoms with van der Waals surface area (Å²) in [6, 6.07) is 2.08. The molecule has 1 aromatic carbocycles. The van der Waals surface area contributed by atoms with Gasteiger partial charge in [-0.2, -0.15) is 8.78 Å². The highest BCUT2D eigenvalue weighted by Gasteiger charge is 2.38. The normalized spacial score (nSPS) is 16.7. The molecule has 1 unspecified atom stereocenters. The third-order valence-corrected chi connectivity index (χ3v) is 5.24. The molecule has 12 heteroatoms. The zero-order chi connectivity index (χ0) is 24.3. The monoisotopic (exact) mass is 487 g/mol. The maximum atomic E-state index is 14.6. The predicted octanol–water partition coefficient (Wildman–Crippen LogP) is 3.69. The molecule has 0 aliphatic carbocycles. The second-order valence-electron chi connectivity index (χ2n) is 7.88. The first-order chi connectivity index (χ1) is 15.5. The zero-order valence-corrected chi connectivity index (χ0v) is 18.9. The Morgan fingerprint density at radius 3 is 2.61 bits per heavy atom. The molecule has 0 saturated carbocycles. The number of ether oxygens (including phenoxy) is 1. The number of imidazole rings is 1. The molecule has 180 valence electrons. The van der Waals surface area contributed by atoms with Gasteiger partial charge in [-0.05, 0) is 38.8 Å². The SMILES string of the molecule is CC(C)n1c(C(F)(F)CO)nc2c(F)cc(-c3nc(N)ncc3Cl)cc21.OC1CCCOC1. The summed E-state index contributed by atoms with van der Waals surface area (Å²) >= 11 is 6.06. The standard InChI is InChI=1S/C16H15ClF3N5O.C5H10O2/c1-7(2)25-11-4-8(12-9(17)5-22-15(21)24-12)3-10(18)13(11)23-14(25)16(19,20)6-26;6-5-2-1-3-7-4-5/h3-5,7,26H,6H2,1-2H3,(H2,21,22,24);5-6H,1-4H2. The lowest BCUT2D eigenvalue weighted by atomic mass is 10.1. The van der Waals surface area contributed by atoms with Crippen LogP contribution in [0.1, 0.15) is 38.6 Å². The number of fused-ring (bicyclic) bond motifs is 1. The summed E-state index contributed by atoms with van der Waals surface area (Å²) in [5.41, 5.74) is 5.87. The van der Waals surface area contributed by atoms with Gasteiger partial charge >= 0.3 is 5.92 Å². The highest BCUT2D eigenvalue weighted by molar-refractivity contribution is 6.33. The van der Waals surface area contributed by atoms with Gasteiger partial charge in [0, 0.05) is 18.2 Å². The molecule has 1 aliphatic heterocycles. The second kappa shape index (κ2) is 10.2. The van der Waals surface area contributed by atoms with Gasteiger partial charge in [0.15, 0.2) is 11.6 Å². The van der Waals surface area contributed by atoms with Crippen LogP contribution < -0.4 is 5.73 Å². The predicted molar refractivity (Wildman–Crippen MR) is 118 cm³/mol. The molecular weight excluding hydrogens is 463 g/mol. The van der Waals surface area contributed by atoms with Crippen molar-refractivity contribution in [3.8, 4) is 11.3 Å². The number of hydrogen-bond donors (Lipinski definition) is 3. The van der Waals surface area contributed by atoms with Crippen LogP contribution in [0.15, 0.2) is 18.3 Å². The number of benzene rings is 1. The van der Waals surface area contributed by atoms with E-state index in [1.54, 1.807) is 13.8 Å². The van der Waals surface area contributed by atoms with E-state index in [-0.39, 0.29) is 39.4 Å². The summed E-state index contributed by atoms with van der Waals surface area (Å²) in [5.74, 6) is -5.21. The van der Waals surface area contributed by atoms with Crippen LogP contribution in [0.25, 0.3) is 22.3 Å². The second-order valence-corrected chi connectivity index (χ2v) is 8.29. The number of halogens is 4. The van der Waals surface area contributed by atoms with Crippen molar-refractivity contribution in [3.05, 3.63) is 35.0 Å². The van der Waals surface area contributed by atoms with E-state index in [1.807, 2.05) is 0 Å². The van der Waals surface area contributed by atoms with Crippen LogP contribution in [0, 0.1) is 5.82 Å². The molecule has 4 rings (SSSR count). The van der Waals surface area contributed by atoms with E-state index in [9.17, 15) is 13.2 Å². The average Bonchev–Trinajstić information content (AvgIpc) is 3.18. The fraction of sp³-hybridized carbons (Fsp3) is 0.476. The van der Waals surface area contributed by atoms with E-state index < -0.39 is 30.2 Å². The topological polar surface area (TPSA) is 119 Å². The summed E-state index contributed by atoms with van der Waals surface area (Å²) in [4.78, 5) is 11.5. The first-order valence-corrected chi connectivity index (χ1v) is 10.7. The summed E-state index contributed by atoms with van der Waals surface area (Å²) in [7, 11) is 0. The van der Waals surface area contributed by atoms with Crippen molar-refractivity contribution in [3.63, 3.8) is 0 Å². The van der Waals surface area contributed by atoms with Crippen molar-refractivity contribution in [2.75, 3.05) is 25.6 Å². The molecule has 1 saturated heterocycles. The van der Waals surface area contributed by atoms with E-state index in [0.717, 1.165) is 25.5 Å². The van der Waals surface area contributed by atoms with Crippen molar-refractivity contribution in [2.24, 2.45) is 0 Å². The molecule has 0 spiro atoms. The van der Waals surface area contributed by atoms with Crippen molar-refractivity contribution >= 4 is 28.6 Å². The lowest BCUT2D eigenvalue weighted by Crippen LogP contribution is -2.24. The zero-order valence-electron chi connectivity index (χ0n) is 18.1. The fourth-order valence-electron chi connectivity index (χ4n) is 3.45. The number of anilines is 1. The van der Waals surface area contributed by atoms with Gasteiger partial charge in [0.05, 0.1) is 35.1 Å². The summed E-state index contributed by atoms with van der Waals surface area (Å²) in [6.07, 6.45) is 3.02. The van der Waals surface area contributed by atoms with E-state index in [2.05, 4.69) is 15.0 Å². The summed E-state index contributed by atoms with van der Waals surface area (Å²) in [5, 5.41) is 17.9. The molecule has 2 aromatic heterocycles. The Balaban J connectivity index is 0.000000374. The Morgan fingerprint density at radius 1 is 1.33 bits per heavy atom. The largest absolute Gasteiger partial charge is 0.391 e. The fourth-order valence-corrected chi connectivity index (χ4v) is 3.65. The highest BCUT2D eigenvalue weighted by Crippen LogP contribution is 2.36. The number of nitrogens with zero attached hydrogens (tertiary/aromatic N) is 4. The minimum Gasteiger partial charge on any atom is -0.391 e. The molecule has 3 heterocycles. The van der Waals surface area contributed by atoms with Gasteiger partial charge in [0.25, 0.3) is 0 Å². The summed E-state index contributed by atoms with van der Waals surface area (Å²) in [6.45, 7) is 3.24. The highest BCUT2D eigenvalue weighted by atomic mass is 35.5. The Labute approximate surface area is 193 Å². The average molecular weight is 488 g/mol. The minimum atomic E-state index is -3.62. The maximum absolute atomic E-state index is 14.6. The molecule has 0 bridgehead atoms. The molecule has 1 aliphatic rings. The quantitative estimate of drug-likeness (QED) is 0.513. The smallest absolute Gasteiger partial charge is 0.327 e. The number of nitrogens with two attached hydrogens (primary N) is 1. The van der Waals surface area contributed by atoms with E-state index >= 15 is 0 Å². The van der Waals surface area contributed by atoms with E-state index in [0.29, 0.717) is 6.61 Å². The van der Waals surface area contributed by atoms with Gasteiger partial charge in [0.1, 0.15) is 12.1 Å². The Morgan fingerprint density at radius 2 is 2.06 bits per heavy atom. The molecule has 33 heavy (non-hydrogen) atoms. The van der Waals surface area contributed by atoms with Crippen molar-refractivity contribution in [1.29, 1.82) is 0 Å². The first kappa shape index (κ1) is 25.2. The van der Waals surface area contributed by atoms with Crippen molar-refractivity contribution in [2.45, 2.75) is 44.8 Å². The van der Waals surface area contributed by atoms with E-state index in [1.165, 1.54) is 16.8 Å².